The number of terminal acetylenes is 1. The van der Waals surface area contributed by atoms with Crippen LogP contribution in [0.25, 0.3) is 0 Å². The van der Waals surface area contributed by atoms with E-state index in [0.717, 1.165) is 33.6 Å². The quantitative estimate of drug-likeness (QED) is 0.787. The predicted octanol–water partition coefficient (Wildman–Crippen LogP) is 4.12. The first-order chi connectivity index (χ1) is 7.19. The van der Waals surface area contributed by atoms with E-state index in [9.17, 15) is 0 Å². The Morgan fingerprint density at radius 1 is 1.60 bits per heavy atom. The van der Waals surface area contributed by atoms with Gasteiger partial charge in [-0.05, 0) is 19.0 Å². The summed E-state index contributed by atoms with van der Waals surface area (Å²) in [7, 11) is 0. The Bertz CT molecular complexity index is 354. The van der Waals surface area contributed by atoms with E-state index in [2.05, 4.69) is 18.2 Å². The average molecular weight is 262 g/mol. The molecular formula is C11H13Cl2NS. The molecule has 1 N–H and O–H groups in total. The van der Waals surface area contributed by atoms with E-state index in [-0.39, 0.29) is 6.04 Å². The molecule has 0 aromatic carbocycles. The van der Waals surface area contributed by atoms with E-state index in [4.69, 9.17) is 29.6 Å². The maximum absolute atomic E-state index is 6.10. The SMILES string of the molecule is C#CCCC(NCC)c1cc(Cl)sc1Cl. The molecule has 1 aromatic heterocycles. The monoisotopic (exact) mass is 261 g/mol. The van der Waals surface area contributed by atoms with Crippen LogP contribution in [0.3, 0.4) is 0 Å². The van der Waals surface area contributed by atoms with Crippen molar-refractivity contribution in [1.82, 2.24) is 5.32 Å². The molecule has 0 fully saturated rings. The molecule has 0 aliphatic rings. The van der Waals surface area contributed by atoms with Gasteiger partial charge in [0.05, 0.1) is 8.67 Å². The zero-order valence-electron chi connectivity index (χ0n) is 8.52. The lowest BCUT2D eigenvalue weighted by Crippen LogP contribution is -2.20. The van der Waals surface area contributed by atoms with E-state index in [1.165, 1.54) is 11.3 Å². The largest absolute Gasteiger partial charge is 0.310 e. The van der Waals surface area contributed by atoms with Crippen LogP contribution < -0.4 is 5.32 Å². The molecule has 82 valence electrons. The Hall–Kier alpha value is -0.200. The Morgan fingerprint density at radius 2 is 2.33 bits per heavy atom. The van der Waals surface area contributed by atoms with E-state index in [0.29, 0.717) is 0 Å². The van der Waals surface area contributed by atoms with Gasteiger partial charge in [-0.25, -0.2) is 0 Å². The molecule has 0 saturated heterocycles. The minimum Gasteiger partial charge on any atom is -0.310 e. The van der Waals surface area contributed by atoms with Crippen molar-refractivity contribution in [2.24, 2.45) is 0 Å². The number of rotatable bonds is 5. The average Bonchev–Trinajstić information content (AvgIpc) is 2.52. The van der Waals surface area contributed by atoms with Gasteiger partial charge in [0.2, 0.25) is 0 Å². The lowest BCUT2D eigenvalue weighted by atomic mass is 10.1. The van der Waals surface area contributed by atoms with Crippen molar-refractivity contribution in [1.29, 1.82) is 0 Å². The van der Waals surface area contributed by atoms with Crippen LogP contribution in [-0.4, -0.2) is 6.54 Å². The summed E-state index contributed by atoms with van der Waals surface area (Å²) in [6.45, 7) is 2.95. The molecule has 0 radical (unpaired) electrons. The third-order valence-corrected chi connectivity index (χ3v) is 3.60. The van der Waals surface area contributed by atoms with Gasteiger partial charge >= 0.3 is 0 Å². The van der Waals surface area contributed by atoms with Gasteiger partial charge in [-0.2, -0.15) is 0 Å². The first-order valence-electron chi connectivity index (χ1n) is 4.80. The van der Waals surface area contributed by atoms with Crippen molar-refractivity contribution in [2.75, 3.05) is 6.54 Å². The summed E-state index contributed by atoms with van der Waals surface area (Å²) in [5, 5.41) is 3.36. The molecule has 0 bridgehead atoms. The third-order valence-electron chi connectivity index (χ3n) is 2.09. The molecule has 0 aliphatic carbocycles. The number of nitrogens with one attached hydrogen (secondary N) is 1. The molecule has 1 nitrogen and oxygen atoms in total. The second kappa shape index (κ2) is 6.40. The number of hydrogen-bond donors (Lipinski definition) is 1. The maximum Gasteiger partial charge on any atom is 0.0991 e. The van der Waals surface area contributed by atoms with Crippen molar-refractivity contribution in [3.8, 4) is 12.3 Å². The second-order valence-corrected chi connectivity index (χ2v) is 5.42. The van der Waals surface area contributed by atoms with Crippen molar-refractivity contribution in [2.45, 2.75) is 25.8 Å². The number of thiophene rings is 1. The summed E-state index contributed by atoms with van der Waals surface area (Å²) >= 11 is 13.4. The van der Waals surface area contributed by atoms with Crippen LogP contribution in [-0.2, 0) is 0 Å². The molecule has 0 aliphatic heterocycles. The number of halogens is 2. The second-order valence-electron chi connectivity index (χ2n) is 3.13. The highest BCUT2D eigenvalue weighted by Gasteiger charge is 2.15. The topological polar surface area (TPSA) is 12.0 Å². The normalized spacial score (nSPS) is 12.4. The van der Waals surface area contributed by atoms with Crippen molar-refractivity contribution in [3.05, 3.63) is 20.3 Å². The summed E-state index contributed by atoms with van der Waals surface area (Å²) in [5.41, 5.74) is 1.06. The van der Waals surface area contributed by atoms with E-state index in [1.807, 2.05) is 6.07 Å². The number of hydrogen-bond acceptors (Lipinski definition) is 2. The molecule has 1 atom stereocenters. The predicted molar refractivity (Wildman–Crippen MR) is 68.8 cm³/mol. The fraction of sp³-hybridized carbons (Fsp3) is 0.455. The first kappa shape index (κ1) is 12.9. The Labute approximate surface area is 105 Å². The van der Waals surface area contributed by atoms with E-state index in [1.54, 1.807) is 0 Å². The van der Waals surface area contributed by atoms with Crippen LogP contribution >= 0.6 is 34.5 Å². The fourth-order valence-corrected chi connectivity index (χ4v) is 3.01. The summed E-state index contributed by atoms with van der Waals surface area (Å²) < 4.78 is 1.47. The third kappa shape index (κ3) is 3.70. The van der Waals surface area contributed by atoms with Gasteiger partial charge in [0.25, 0.3) is 0 Å². The van der Waals surface area contributed by atoms with Gasteiger partial charge in [-0.1, -0.05) is 30.1 Å². The minimum absolute atomic E-state index is 0.210. The van der Waals surface area contributed by atoms with Gasteiger partial charge in [-0.3, -0.25) is 0 Å². The van der Waals surface area contributed by atoms with Gasteiger partial charge in [0.1, 0.15) is 0 Å². The van der Waals surface area contributed by atoms with Crippen LogP contribution in [0.15, 0.2) is 6.07 Å². The van der Waals surface area contributed by atoms with Crippen molar-refractivity contribution < 1.29 is 0 Å². The zero-order chi connectivity index (χ0) is 11.3. The standard InChI is InChI=1S/C11H13Cl2NS/c1-3-5-6-9(14-4-2)8-7-10(12)15-11(8)13/h1,7,9,14H,4-6H2,2H3. The van der Waals surface area contributed by atoms with E-state index >= 15 is 0 Å². The molecule has 1 unspecified atom stereocenters. The molecule has 1 heterocycles. The molecular weight excluding hydrogens is 249 g/mol. The highest BCUT2D eigenvalue weighted by Crippen LogP contribution is 2.36. The highest BCUT2D eigenvalue weighted by atomic mass is 35.5. The van der Waals surface area contributed by atoms with Gasteiger partial charge in [-0.15, -0.1) is 23.7 Å². The van der Waals surface area contributed by atoms with Gasteiger partial charge < -0.3 is 5.32 Å². The van der Waals surface area contributed by atoms with Crippen LogP contribution in [0.1, 0.15) is 31.4 Å². The molecule has 0 saturated carbocycles. The molecule has 15 heavy (non-hydrogen) atoms. The Morgan fingerprint density at radius 3 is 2.80 bits per heavy atom. The molecule has 0 spiro atoms. The Balaban J connectivity index is 2.79. The molecule has 1 aromatic rings. The van der Waals surface area contributed by atoms with Crippen molar-refractivity contribution in [3.63, 3.8) is 0 Å². The lowest BCUT2D eigenvalue weighted by Gasteiger charge is -2.15. The fourth-order valence-electron chi connectivity index (χ4n) is 1.43. The minimum atomic E-state index is 0.210. The molecule has 4 heteroatoms. The maximum atomic E-state index is 6.10. The van der Waals surface area contributed by atoms with Crippen LogP contribution in [0, 0.1) is 12.3 Å². The molecule has 1 rings (SSSR count). The van der Waals surface area contributed by atoms with Crippen LogP contribution in [0.5, 0.6) is 0 Å². The smallest absolute Gasteiger partial charge is 0.0991 e. The van der Waals surface area contributed by atoms with Gasteiger partial charge in [0, 0.05) is 18.0 Å². The highest BCUT2D eigenvalue weighted by molar-refractivity contribution is 7.20. The van der Waals surface area contributed by atoms with Crippen molar-refractivity contribution >= 4 is 34.5 Å². The lowest BCUT2D eigenvalue weighted by molar-refractivity contribution is 0.524. The van der Waals surface area contributed by atoms with E-state index < -0.39 is 0 Å². The Kier molecular flexibility index (Phi) is 5.49. The summed E-state index contributed by atoms with van der Waals surface area (Å²) in [6, 6.07) is 2.13. The molecule has 0 amide bonds. The summed E-state index contributed by atoms with van der Waals surface area (Å²) in [5.74, 6) is 2.64. The van der Waals surface area contributed by atoms with Crippen LogP contribution in [0.4, 0.5) is 0 Å². The van der Waals surface area contributed by atoms with Gasteiger partial charge in [0.15, 0.2) is 0 Å². The van der Waals surface area contributed by atoms with Crippen LogP contribution in [0.2, 0.25) is 8.67 Å². The summed E-state index contributed by atoms with van der Waals surface area (Å²) in [6.07, 6.45) is 6.88. The first-order valence-corrected chi connectivity index (χ1v) is 6.37. The summed E-state index contributed by atoms with van der Waals surface area (Å²) in [4.78, 5) is 0. The zero-order valence-corrected chi connectivity index (χ0v) is 10.8.